The summed E-state index contributed by atoms with van der Waals surface area (Å²) in [5, 5.41) is 13.2. The molecular formula is C16H25N3O. The zero-order chi connectivity index (χ0) is 13.8. The number of nitrogens with one attached hydrogen (secondary N) is 1. The van der Waals surface area contributed by atoms with Gasteiger partial charge in [0, 0.05) is 32.4 Å². The van der Waals surface area contributed by atoms with Gasteiger partial charge in [-0.15, -0.1) is 0 Å². The van der Waals surface area contributed by atoms with Crippen molar-refractivity contribution in [3.63, 3.8) is 0 Å². The van der Waals surface area contributed by atoms with Gasteiger partial charge in [0.1, 0.15) is 5.82 Å². The van der Waals surface area contributed by atoms with Crippen molar-refractivity contribution in [1.29, 1.82) is 0 Å². The van der Waals surface area contributed by atoms with Crippen LogP contribution in [0.4, 0.5) is 5.82 Å². The molecule has 0 bridgehead atoms. The van der Waals surface area contributed by atoms with E-state index in [1.54, 1.807) is 0 Å². The number of aliphatic hydroxyl groups excluding tert-OH is 1. The number of aliphatic hydroxyl groups is 1. The van der Waals surface area contributed by atoms with Crippen LogP contribution in [0.25, 0.3) is 0 Å². The lowest BCUT2D eigenvalue weighted by atomic mass is 10.1. The highest BCUT2D eigenvalue weighted by molar-refractivity contribution is 5.40. The summed E-state index contributed by atoms with van der Waals surface area (Å²) in [6.45, 7) is 4.04. The molecule has 1 aliphatic carbocycles. The average Bonchev–Trinajstić information content (AvgIpc) is 3.12. The van der Waals surface area contributed by atoms with Gasteiger partial charge < -0.3 is 15.3 Å². The molecule has 1 aliphatic heterocycles. The molecule has 0 radical (unpaired) electrons. The zero-order valence-corrected chi connectivity index (χ0v) is 12.1. The van der Waals surface area contributed by atoms with Crippen LogP contribution >= 0.6 is 0 Å². The maximum absolute atomic E-state index is 9.79. The van der Waals surface area contributed by atoms with E-state index in [2.05, 4.69) is 27.3 Å². The fourth-order valence-corrected chi connectivity index (χ4v) is 3.31. The van der Waals surface area contributed by atoms with Gasteiger partial charge in [0.2, 0.25) is 0 Å². The predicted molar refractivity (Wildman–Crippen MR) is 80.7 cm³/mol. The highest BCUT2D eigenvalue weighted by atomic mass is 16.3. The summed E-state index contributed by atoms with van der Waals surface area (Å²) in [5.41, 5.74) is 1.22. The van der Waals surface area contributed by atoms with E-state index in [1.807, 2.05) is 6.20 Å². The summed E-state index contributed by atoms with van der Waals surface area (Å²) in [4.78, 5) is 6.92. The normalized spacial score (nSPS) is 26.4. The lowest BCUT2D eigenvalue weighted by Gasteiger charge is -2.17. The van der Waals surface area contributed by atoms with E-state index >= 15 is 0 Å². The summed E-state index contributed by atoms with van der Waals surface area (Å²) >= 11 is 0. The van der Waals surface area contributed by atoms with Gasteiger partial charge in [-0.25, -0.2) is 4.98 Å². The topological polar surface area (TPSA) is 48.4 Å². The van der Waals surface area contributed by atoms with E-state index in [9.17, 15) is 5.11 Å². The molecule has 2 atom stereocenters. The Kier molecular flexibility index (Phi) is 4.53. The highest BCUT2D eigenvalue weighted by Crippen LogP contribution is 2.24. The van der Waals surface area contributed by atoms with Crippen molar-refractivity contribution >= 4 is 5.82 Å². The Labute approximate surface area is 121 Å². The van der Waals surface area contributed by atoms with Crippen LogP contribution in [-0.4, -0.2) is 35.8 Å². The van der Waals surface area contributed by atoms with Crippen LogP contribution in [0.3, 0.4) is 0 Å². The highest BCUT2D eigenvalue weighted by Gasteiger charge is 2.24. The summed E-state index contributed by atoms with van der Waals surface area (Å²) in [7, 11) is 0. The Morgan fingerprint density at radius 3 is 2.70 bits per heavy atom. The number of hydrogen-bond donors (Lipinski definition) is 2. The minimum Gasteiger partial charge on any atom is -0.393 e. The van der Waals surface area contributed by atoms with Crippen LogP contribution in [0.2, 0.25) is 0 Å². The van der Waals surface area contributed by atoms with Crippen molar-refractivity contribution in [2.75, 3.05) is 24.5 Å². The molecule has 2 N–H and O–H groups in total. The minimum absolute atomic E-state index is 0.0989. The van der Waals surface area contributed by atoms with Crippen molar-refractivity contribution in [3.8, 4) is 0 Å². The molecule has 2 heterocycles. The third-order valence-electron chi connectivity index (χ3n) is 4.59. The molecule has 20 heavy (non-hydrogen) atoms. The number of anilines is 1. The molecule has 2 fully saturated rings. The first kappa shape index (κ1) is 13.8. The first-order valence-electron chi connectivity index (χ1n) is 7.91. The Balaban J connectivity index is 1.45. The molecule has 1 saturated heterocycles. The molecule has 0 amide bonds. The number of rotatable bonds is 5. The second-order valence-corrected chi connectivity index (χ2v) is 6.11. The van der Waals surface area contributed by atoms with Crippen molar-refractivity contribution in [1.82, 2.24) is 10.3 Å². The van der Waals surface area contributed by atoms with Gasteiger partial charge in [-0.05, 0) is 43.2 Å². The Morgan fingerprint density at radius 2 is 2.05 bits per heavy atom. The van der Waals surface area contributed by atoms with Crippen LogP contribution in [0, 0.1) is 5.92 Å². The van der Waals surface area contributed by atoms with E-state index < -0.39 is 0 Å². The second kappa shape index (κ2) is 6.55. The fraction of sp³-hybridized carbons (Fsp3) is 0.688. The molecule has 4 heteroatoms. The van der Waals surface area contributed by atoms with Crippen molar-refractivity contribution in [3.05, 3.63) is 23.9 Å². The zero-order valence-electron chi connectivity index (χ0n) is 12.1. The molecule has 3 rings (SSSR count). The molecule has 1 aromatic heterocycles. The largest absolute Gasteiger partial charge is 0.393 e. The van der Waals surface area contributed by atoms with Crippen LogP contribution < -0.4 is 10.2 Å². The Bertz CT molecular complexity index is 414. The van der Waals surface area contributed by atoms with Crippen molar-refractivity contribution in [2.24, 2.45) is 5.92 Å². The third kappa shape index (κ3) is 3.30. The van der Waals surface area contributed by atoms with Gasteiger partial charge in [-0.2, -0.15) is 0 Å². The molecular weight excluding hydrogens is 250 g/mol. The van der Waals surface area contributed by atoms with Gasteiger partial charge in [0.05, 0.1) is 6.10 Å². The predicted octanol–water partition coefficient (Wildman–Crippen LogP) is 1.93. The van der Waals surface area contributed by atoms with Gasteiger partial charge in [0.25, 0.3) is 0 Å². The van der Waals surface area contributed by atoms with Crippen molar-refractivity contribution < 1.29 is 5.11 Å². The van der Waals surface area contributed by atoms with E-state index in [0.29, 0.717) is 5.92 Å². The molecule has 1 saturated carbocycles. The molecule has 2 aliphatic rings. The van der Waals surface area contributed by atoms with Gasteiger partial charge in [-0.3, -0.25) is 0 Å². The van der Waals surface area contributed by atoms with Crippen LogP contribution in [0.1, 0.15) is 37.7 Å². The van der Waals surface area contributed by atoms with E-state index in [4.69, 9.17) is 0 Å². The Hall–Kier alpha value is -1.13. The Morgan fingerprint density at radius 1 is 1.20 bits per heavy atom. The van der Waals surface area contributed by atoms with Crippen LogP contribution in [0.15, 0.2) is 18.3 Å². The lowest BCUT2D eigenvalue weighted by Crippen LogP contribution is -2.27. The molecule has 1 aromatic rings. The summed E-state index contributed by atoms with van der Waals surface area (Å²) in [6, 6.07) is 4.30. The SMILES string of the molecule is OC1CCCC1CNCc1ccc(N2CCCC2)nc1. The molecule has 0 aromatic carbocycles. The minimum atomic E-state index is -0.0989. The number of aromatic nitrogens is 1. The molecule has 110 valence electrons. The number of hydrogen-bond acceptors (Lipinski definition) is 4. The van der Waals surface area contributed by atoms with Crippen LogP contribution in [-0.2, 0) is 6.54 Å². The molecule has 0 spiro atoms. The van der Waals surface area contributed by atoms with E-state index in [1.165, 1.54) is 24.8 Å². The quantitative estimate of drug-likeness (QED) is 0.862. The van der Waals surface area contributed by atoms with Gasteiger partial charge >= 0.3 is 0 Å². The molecule has 2 unspecified atom stereocenters. The van der Waals surface area contributed by atoms with E-state index in [-0.39, 0.29) is 6.10 Å². The summed E-state index contributed by atoms with van der Waals surface area (Å²) in [6.07, 6.45) is 7.74. The first-order valence-corrected chi connectivity index (χ1v) is 7.91. The maximum Gasteiger partial charge on any atom is 0.128 e. The third-order valence-corrected chi connectivity index (χ3v) is 4.59. The number of nitrogens with zero attached hydrogens (tertiary/aromatic N) is 2. The number of pyridine rings is 1. The smallest absolute Gasteiger partial charge is 0.128 e. The molecule has 4 nitrogen and oxygen atoms in total. The monoisotopic (exact) mass is 275 g/mol. The lowest BCUT2D eigenvalue weighted by molar-refractivity contribution is 0.131. The summed E-state index contributed by atoms with van der Waals surface area (Å²) < 4.78 is 0. The fourth-order valence-electron chi connectivity index (χ4n) is 3.31. The van der Waals surface area contributed by atoms with Crippen molar-refractivity contribution in [2.45, 2.75) is 44.8 Å². The van der Waals surface area contributed by atoms with Crippen LogP contribution in [0.5, 0.6) is 0 Å². The maximum atomic E-state index is 9.79. The summed E-state index contributed by atoms with van der Waals surface area (Å²) in [5.74, 6) is 1.55. The van der Waals surface area contributed by atoms with E-state index in [0.717, 1.165) is 44.8 Å². The standard InChI is InChI=1S/C16H25N3O/c20-15-5-3-4-14(15)12-17-10-13-6-7-16(18-11-13)19-8-1-2-9-19/h6-7,11,14-15,17,20H,1-5,8-10,12H2. The van der Waals surface area contributed by atoms with Gasteiger partial charge in [-0.1, -0.05) is 12.5 Å². The van der Waals surface area contributed by atoms with Gasteiger partial charge in [0.15, 0.2) is 0 Å². The second-order valence-electron chi connectivity index (χ2n) is 6.11. The average molecular weight is 275 g/mol. The first-order chi connectivity index (χ1) is 9.83.